The van der Waals surface area contributed by atoms with E-state index in [1.165, 1.54) is 0 Å². The van der Waals surface area contributed by atoms with E-state index in [9.17, 15) is 18.1 Å². The summed E-state index contributed by atoms with van der Waals surface area (Å²) in [6.07, 6.45) is -0.0637. The van der Waals surface area contributed by atoms with Crippen LogP contribution >= 0.6 is 0 Å². The fraction of sp³-hybridized carbons (Fsp3) is 1.00. The van der Waals surface area contributed by atoms with E-state index < -0.39 is 15.1 Å². The summed E-state index contributed by atoms with van der Waals surface area (Å²) in [5.41, 5.74) is -0.388. The number of hydrogen-bond donors (Lipinski definition) is 1. The van der Waals surface area contributed by atoms with E-state index in [1.54, 1.807) is 20.8 Å². The Bertz CT molecular complexity index is 250. The van der Waals surface area contributed by atoms with Gasteiger partial charge in [-0.3, -0.25) is 0 Å². The molecule has 0 aliphatic rings. The summed E-state index contributed by atoms with van der Waals surface area (Å²) >= 11 is 0. The molecule has 0 aromatic heterocycles. The Morgan fingerprint density at radius 2 is 1.54 bits per heavy atom. The molecule has 0 rings (SSSR count). The molecule has 0 amide bonds. The topological polar surface area (TPSA) is 77.4 Å². The first-order valence-corrected chi connectivity index (χ1v) is 5.04. The molecule has 1 unspecified atom stereocenters. The molecule has 6 heteroatoms. The summed E-state index contributed by atoms with van der Waals surface area (Å²) in [6, 6.07) is 0. The number of hydrogen-bond acceptors (Lipinski definition) is 4. The molecule has 0 aromatic carbocycles. The zero-order valence-corrected chi connectivity index (χ0v) is 11.6. The maximum absolute atomic E-state index is 10.5. The second-order valence-corrected chi connectivity index (χ2v) is 6.15. The molecule has 4 nitrogen and oxygen atoms in total. The van der Waals surface area contributed by atoms with Crippen molar-refractivity contribution in [3.63, 3.8) is 0 Å². The van der Waals surface area contributed by atoms with Crippen LogP contribution < -0.4 is 29.6 Å². The third-order valence-corrected chi connectivity index (χ3v) is 2.62. The Kier molecular flexibility index (Phi) is 5.76. The molecule has 0 fully saturated rings. The minimum atomic E-state index is -4.63. The van der Waals surface area contributed by atoms with Crippen molar-refractivity contribution >= 4 is 10.1 Å². The summed E-state index contributed by atoms with van der Waals surface area (Å²) in [5, 5.41) is 9.29. The molecule has 0 saturated heterocycles. The van der Waals surface area contributed by atoms with Crippen LogP contribution in [0.1, 0.15) is 34.1 Å². The van der Waals surface area contributed by atoms with Crippen LogP contribution in [0.5, 0.6) is 0 Å². The van der Waals surface area contributed by atoms with E-state index in [0.717, 1.165) is 6.92 Å². The fourth-order valence-electron chi connectivity index (χ4n) is 1.07. The maximum Gasteiger partial charge on any atom is 1.00 e. The van der Waals surface area contributed by atoms with Gasteiger partial charge in [-0.15, -0.1) is 0 Å². The molecule has 74 valence electrons. The molecule has 0 saturated carbocycles. The Hall–Kier alpha value is 0.870. The molecule has 0 aromatic rings. The van der Waals surface area contributed by atoms with Gasteiger partial charge in [0.15, 0.2) is 4.93 Å². The molecule has 0 radical (unpaired) electrons. The van der Waals surface area contributed by atoms with Gasteiger partial charge in [0.2, 0.25) is 0 Å². The molecule has 0 spiro atoms. The molecular formula is C7H15NaO4S. The van der Waals surface area contributed by atoms with E-state index in [0.29, 0.717) is 0 Å². The molecule has 1 atom stereocenters. The van der Waals surface area contributed by atoms with Gasteiger partial charge in [-0.05, 0) is 18.8 Å². The summed E-state index contributed by atoms with van der Waals surface area (Å²) in [4.78, 5) is -2.16. The summed E-state index contributed by atoms with van der Waals surface area (Å²) < 4.78 is 31.6. The van der Waals surface area contributed by atoms with Gasteiger partial charge < -0.3 is 9.66 Å². The van der Waals surface area contributed by atoms with Crippen molar-refractivity contribution in [3.05, 3.63) is 0 Å². The predicted molar refractivity (Wildman–Crippen MR) is 44.4 cm³/mol. The van der Waals surface area contributed by atoms with Gasteiger partial charge in [-0.1, -0.05) is 20.8 Å². The first-order chi connectivity index (χ1) is 4.96. The summed E-state index contributed by atoms with van der Waals surface area (Å²) in [6.45, 7) is 6.30. The number of aliphatic hydroxyl groups is 1. The normalized spacial score (nSPS) is 17.4. The van der Waals surface area contributed by atoms with E-state index in [1.807, 2.05) is 0 Å². The van der Waals surface area contributed by atoms with Crippen LogP contribution in [0.2, 0.25) is 0 Å². The van der Waals surface area contributed by atoms with Gasteiger partial charge in [0.05, 0.1) is 0 Å². The van der Waals surface area contributed by atoms with Crippen LogP contribution in [0, 0.1) is 5.41 Å². The Balaban J connectivity index is 0. The minimum absolute atomic E-state index is 0. The summed E-state index contributed by atoms with van der Waals surface area (Å²) in [5.74, 6) is 0. The fourth-order valence-corrected chi connectivity index (χ4v) is 1.68. The van der Waals surface area contributed by atoms with E-state index in [4.69, 9.17) is 0 Å². The smallest absolute Gasteiger partial charge is 0.746 e. The van der Waals surface area contributed by atoms with Crippen LogP contribution in [0.3, 0.4) is 0 Å². The molecule has 13 heavy (non-hydrogen) atoms. The molecule has 0 aliphatic heterocycles. The third kappa shape index (κ3) is 6.04. The largest absolute Gasteiger partial charge is 1.00 e. The zero-order chi connectivity index (χ0) is 10.2. The van der Waals surface area contributed by atoms with Crippen LogP contribution in [0.25, 0.3) is 0 Å². The van der Waals surface area contributed by atoms with Crippen molar-refractivity contribution in [1.29, 1.82) is 0 Å². The predicted octanol–water partition coefficient (Wildman–Crippen LogP) is -2.32. The molecular weight excluding hydrogens is 203 g/mol. The van der Waals surface area contributed by atoms with E-state index in [2.05, 4.69) is 0 Å². The van der Waals surface area contributed by atoms with Crippen LogP contribution in [0.4, 0.5) is 0 Å². The quantitative estimate of drug-likeness (QED) is 0.417. The van der Waals surface area contributed by atoms with E-state index >= 15 is 0 Å². The second-order valence-electron chi connectivity index (χ2n) is 4.37. The van der Waals surface area contributed by atoms with Crippen molar-refractivity contribution in [2.45, 2.75) is 39.0 Å². The minimum Gasteiger partial charge on any atom is -0.746 e. The van der Waals surface area contributed by atoms with Crippen molar-refractivity contribution in [2.75, 3.05) is 0 Å². The van der Waals surface area contributed by atoms with Crippen molar-refractivity contribution in [1.82, 2.24) is 0 Å². The van der Waals surface area contributed by atoms with Gasteiger partial charge >= 0.3 is 29.6 Å². The van der Waals surface area contributed by atoms with Crippen molar-refractivity contribution < 1.29 is 47.6 Å². The van der Waals surface area contributed by atoms with Gasteiger partial charge in [-0.2, -0.15) is 0 Å². The Morgan fingerprint density at radius 1 is 1.23 bits per heavy atom. The number of rotatable bonds is 2. The SMILES string of the molecule is CC(C)(C)CC(C)(O)S(=O)(=O)[O-].[Na+]. The van der Waals surface area contributed by atoms with Gasteiger partial charge in [0, 0.05) is 0 Å². The monoisotopic (exact) mass is 218 g/mol. The summed E-state index contributed by atoms with van der Waals surface area (Å²) in [7, 11) is -4.63. The van der Waals surface area contributed by atoms with Crippen molar-refractivity contribution in [3.8, 4) is 0 Å². The van der Waals surface area contributed by atoms with E-state index in [-0.39, 0.29) is 41.4 Å². The molecule has 1 N–H and O–H groups in total. The zero-order valence-electron chi connectivity index (χ0n) is 8.79. The third-order valence-electron chi connectivity index (χ3n) is 1.40. The first kappa shape index (κ1) is 16.3. The van der Waals surface area contributed by atoms with Crippen molar-refractivity contribution in [2.24, 2.45) is 5.41 Å². The van der Waals surface area contributed by atoms with Crippen LogP contribution in [-0.4, -0.2) is 23.0 Å². The van der Waals surface area contributed by atoms with Gasteiger partial charge in [0.1, 0.15) is 10.1 Å². The van der Waals surface area contributed by atoms with Gasteiger partial charge in [0.25, 0.3) is 0 Å². The van der Waals surface area contributed by atoms with Crippen LogP contribution in [-0.2, 0) is 10.1 Å². The maximum atomic E-state index is 10.5. The Morgan fingerprint density at radius 3 is 1.62 bits per heavy atom. The van der Waals surface area contributed by atoms with Crippen LogP contribution in [0.15, 0.2) is 0 Å². The standard InChI is InChI=1S/C7H16O4S.Na/c1-6(2,3)5-7(4,8)12(9,10)11;/h8H,5H2,1-4H3,(H,9,10,11);/q;+1/p-1. The Labute approximate surface area is 102 Å². The average Bonchev–Trinajstić information content (AvgIpc) is 1.52. The average molecular weight is 218 g/mol. The first-order valence-electron chi connectivity index (χ1n) is 3.63. The molecule has 0 heterocycles. The molecule has 0 aliphatic carbocycles. The molecule has 0 bridgehead atoms. The van der Waals surface area contributed by atoms with Gasteiger partial charge in [-0.25, -0.2) is 8.42 Å². The second kappa shape index (κ2) is 4.59.